The number of hydrogen-bond acceptors (Lipinski definition) is 5. The van der Waals surface area contributed by atoms with Crippen LogP contribution < -0.4 is 5.32 Å². The van der Waals surface area contributed by atoms with Crippen LogP contribution in [0.5, 0.6) is 0 Å². The van der Waals surface area contributed by atoms with E-state index in [1.807, 2.05) is 6.07 Å². The molecule has 1 N–H and O–H groups in total. The normalized spacial score (nSPS) is 16.3. The molecule has 1 fully saturated rings. The molecule has 0 spiro atoms. The summed E-state index contributed by atoms with van der Waals surface area (Å²) >= 11 is 0. The topological polar surface area (TPSA) is 67.3 Å². The third-order valence-electron chi connectivity index (χ3n) is 4.78. The van der Waals surface area contributed by atoms with Crippen LogP contribution in [0.4, 0.5) is 10.2 Å². The molecule has 1 amide bonds. The maximum absolute atomic E-state index is 13.6. The molecule has 7 heteroatoms. The van der Waals surface area contributed by atoms with Gasteiger partial charge in [-0.1, -0.05) is 18.2 Å². The molecule has 27 heavy (non-hydrogen) atoms. The summed E-state index contributed by atoms with van der Waals surface area (Å²) in [5, 5.41) is 3.23. The third-order valence-corrected chi connectivity index (χ3v) is 4.78. The zero-order valence-corrected chi connectivity index (χ0v) is 15.5. The Morgan fingerprint density at radius 1 is 1.37 bits per heavy atom. The van der Waals surface area contributed by atoms with Crippen LogP contribution in [-0.4, -0.2) is 54.1 Å². The largest absolute Gasteiger partial charge is 0.381 e. The van der Waals surface area contributed by atoms with Gasteiger partial charge in [-0.05, 0) is 24.5 Å². The van der Waals surface area contributed by atoms with Crippen LogP contribution in [0.1, 0.15) is 30.0 Å². The summed E-state index contributed by atoms with van der Waals surface area (Å²) in [6.07, 6.45) is 3.23. The van der Waals surface area contributed by atoms with E-state index in [1.165, 1.54) is 6.07 Å². The number of aryl methyl sites for hydroxylation is 1. The van der Waals surface area contributed by atoms with Crippen molar-refractivity contribution in [1.82, 2.24) is 14.9 Å². The van der Waals surface area contributed by atoms with Gasteiger partial charge < -0.3 is 15.0 Å². The van der Waals surface area contributed by atoms with Crippen LogP contribution >= 0.6 is 0 Å². The summed E-state index contributed by atoms with van der Waals surface area (Å²) in [6.45, 7) is 2.61. The van der Waals surface area contributed by atoms with Gasteiger partial charge in [-0.15, -0.1) is 0 Å². The van der Waals surface area contributed by atoms with Crippen LogP contribution in [0.3, 0.4) is 0 Å². The Morgan fingerprint density at radius 3 is 3.00 bits per heavy atom. The lowest BCUT2D eigenvalue weighted by Crippen LogP contribution is -2.31. The number of nitrogens with one attached hydrogen (secondary N) is 1. The number of hydrogen-bond donors (Lipinski definition) is 1. The zero-order chi connectivity index (χ0) is 19.1. The van der Waals surface area contributed by atoms with E-state index in [0.29, 0.717) is 37.6 Å². The molecule has 144 valence electrons. The van der Waals surface area contributed by atoms with Gasteiger partial charge >= 0.3 is 0 Å². The highest BCUT2D eigenvalue weighted by atomic mass is 19.1. The number of benzene rings is 1. The number of rotatable bonds is 8. The van der Waals surface area contributed by atoms with Crippen LogP contribution in [-0.2, 0) is 16.0 Å². The van der Waals surface area contributed by atoms with Crippen molar-refractivity contribution in [2.24, 2.45) is 0 Å². The predicted molar refractivity (Wildman–Crippen MR) is 101 cm³/mol. The molecule has 2 aromatic rings. The average molecular weight is 372 g/mol. The molecule has 0 aliphatic carbocycles. The van der Waals surface area contributed by atoms with Crippen molar-refractivity contribution in [1.29, 1.82) is 0 Å². The minimum Gasteiger partial charge on any atom is -0.381 e. The van der Waals surface area contributed by atoms with Gasteiger partial charge in [0.15, 0.2) is 0 Å². The SMILES string of the molecule is CN(CCNc1cc([C@H]2CCOC2)ncn1)C(=O)CCc1ccccc1F. The molecule has 0 bridgehead atoms. The standard InChI is InChI=1S/C20H25FN4O2/c1-25(20(26)7-6-15-4-2-3-5-17(15)21)10-9-22-19-12-18(23-14-24-19)16-8-11-27-13-16/h2-5,12,14,16H,6-11,13H2,1H3,(H,22,23,24)/t16-/m0/s1. The van der Waals surface area contributed by atoms with Crippen LogP contribution in [0.25, 0.3) is 0 Å². The Bertz CT molecular complexity index is 765. The summed E-state index contributed by atoms with van der Waals surface area (Å²) < 4.78 is 19.0. The number of amides is 1. The zero-order valence-electron chi connectivity index (χ0n) is 15.5. The minimum absolute atomic E-state index is 0.00784. The van der Waals surface area contributed by atoms with E-state index >= 15 is 0 Å². The first-order chi connectivity index (χ1) is 13.1. The number of carbonyl (C=O) groups excluding carboxylic acids is 1. The van der Waals surface area contributed by atoms with Crippen LogP contribution in [0.2, 0.25) is 0 Å². The second-order valence-corrected chi connectivity index (χ2v) is 6.72. The van der Waals surface area contributed by atoms with Crippen molar-refractivity contribution >= 4 is 11.7 Å². The molecule has 1 aromatic carbocycles. The molecule has 1 aliphatic heterocycles. The summed E-state index contributed by atoms with van der Waals surface area (Å²) in [5.41, 5.74) is 1.56. The maximum Gasteiger partial charge on any atom is 0.222 e. The van der Waals surface area contributed by atoms with E-state index in [9.17, 15) is 9.18 Å². The van der Waals surface area contributed by atoms with E-state index in [4.69, 9.17) is 4.74 Å². The number of nitrogens with zero attached hydrogens (tertiary/aromatic N) is 3. The van der Waals surface area contributed by atoms with Gasteiger partial charge in [-0.2, -0.15) is 0 Å². The van der Waals surface area contributed by atoms with Crippen molar-refractivity contribution in [2.75, 3.05) is 38.7 Å². The molecule has 1 aromatic heterocycles. The van der Waals surface area contributed by atoms with Gasteiger partial charge in [-0.25, -0.2) is 14.4 Å². The van der Waals surface area contributed by atoms with Crippen LogP contribution in [0, 0.1) is 5.82 Å². The summed E-state index contributed by atoms with van der Waals surface area (Å²) in [6, 6.07) is 8.51. The number of ether oxygens (including phenoxy) is 1. The summed E-state index contributed by atoms with van der Waals surface area (Å²) in [5.74, 6) is 0.809. The molecule has 0 radical (unpaired) electrons. The predicted octanol–water partition coefficient (Wildman–Crippen LogP) is 2.62. The molecule has 0 unspecified atom stereocenters. The molecule has 1 saturated heterocycles. The second kappa shape index (κ2) is 9.41. The van der Waals surface area contributed by atoms with Crippen molar-refractivity contribution < 1.29 is 13.9 Å². The molecule has 0 saturated carbocycles. The minimum atomic E-state index is -0.262. The van der Waals surface area contributed by atoms with E-state index in [0.717, 1.165) is 24.5 Å². The van der Waals surface area contributed by atoms with E-state index in [-0.39, 0.29) is 18.1 Å². The Hall–Kier alpha value is -2.54. The quantitative estimate of drug-likeness (QED) is 0.772. The molecule has 2 heterocycles. The Morgan fingerprint density at radius 2 is 2.22 bits per heavy atom. The fourth-order valence-corrected chi connectivity index (χ4v) is 3.07. The molecular formula is C20H25FN4O2. The lowest BCUT2D eigenvalue weighted by Gasteiger charge is -2.18. The fourth-order valence-electron chi connectivity index (χ4n) is 3.07. The molecule has 3 rings (SSSR count). The Labute approximate surface area is 158 Å². The number of likely N-dealkylation sites (N-methyl/N-ethyl adjacent to an activating group) is 1. The third kappa shape index (κ3) is 5.47. The van der Waals surface area contributed by atoms with E-state index in [2.05, 4.69) is 15.3 Å². The monoisotopic (exact) mass is 372 g/mol. The lowest BCUT2D eigenvalue weighted by molar-refractivity contribution is -0.129. The van der Waals surface area contributed by atoms with Crippen molar-refractivity contribution in [3.63, 3.8) is 0 Å². The first-order valence-corrected chi connectivity index (χ1v) is 9.24. The highest BCUT2D eigenvalue weighted by Crippen LogP contribution is 2.24. The van der Waals surface area contributed by atoms with Gasteiger partial charge in [-0.3, -0.25) is 4.79 Å². The molecule has 6 nitrogen and oxygen atoms in total. The number of anilines is 1. The van der Waals surface area contributed by atoms with Gasteiger partial charge in [0, 0.05) is 45.1 Å². The van der Waals surface area contributed by atoms with Gasteiger partial charge in [0.25, 0.3) is 0 Å². The fraction of sp³-hybridized carbons (Fsp3) is 0.450. The average Bonchev–Trinajstić information content (AvgIpc) is 3.22. The Balaban J connectivity index is 1.42. The molecular weight excluding hydrogens is 347 g/mol. The van der Waals surface area contributed by atoms with Crippen molar-refractivity contribution in [3.05, 3.63) is 53.7 Å². The van der Waals surface area contributed by atoms with E-state index in [1.54, 1.807) is 36.5 Å². The molecule has 1 atom stereocenters. The second-order valence-electron chi connectivity index (χ2n) is 6.72. The van der Waals surface area contributed by atoms with Crippen LogP contribution in [0.15, 0.2) is 36.7 Å². The van der Waals surface area contributed by atoms with E-state index < -0.39 is 0 Å². The lowest BCUT2D eigenvalue weighted by atomic mass is 10.1. The highest BCUT2D eigenvalue weighted by molar-refractivity contribution is 5.76. The first-order valence-electron chi connectivity index (χ1n) is 9.24. The number of carbonyl (C=O) groups is 1. The smallest absolute Gasteiger partial charge is 0.222 e. The summed E-state index contributed by atoms with van der Waals surface area (Å²) in [4.78, 5) is 22.4. The first kappa shape index (κ1) is 19.2. The van der Waals surface area contributed by atoms with Crippen molar-refractivity contribution in [3.8, 4) is 0 Å². The Kier molecular flexibility index (Phi) is 6.70. The van der Waals surface area contributed by atoms with Crippen molar-refractivity contribution in [2.45, 2.75) is 25.2 Å². The number of halogens is 1. The number of aromatic nitrogens is 2. The van der Waals surface area contributed by atoms with Gasteiger partial charge in [0.1, 0.15) is 18.0 Å². The maximum atomic E-state index is 13.6. The highest BCUT2D eigenvalue weighted by Gasteiger charge is 2.19. The summed E-state index contributed by atoms with van der Waals surface area (Å²) in [7, 11) is 1.76. The van der Waals surface area contributed by atoms with Gasteiger partial charge in [0.2, 0.25) is 5.91 Å². The molecule has 1 aliphatic rings. The van der Waals surface area contributed by atoms with Gasteiger partial charge in [0.05, 0.1) is 12.3 Å².